The Hall–Kier alpha value is -3.93. The Morgan fingerprint density at radius 2 is 1.41 bits per heavy atom. The van der Waals surface area contributed by atoms with Crippen molar-refractivity contribution in [3.8, 4) is 11.1 Å². The van der Waals surface area contributed by atoms with E-state index < -0.39 is 0 Å². The molecule has 1 atom stereocenters. The van der Waals surface area contributed by atoms with Gasteiger partial charge < -0.3 is 14.8 Å². The van der Waals surface area contributed by atoms with E-state index in [2.05, 4.69) is 17.4 Å². The third kappa shape index (κ3) is 6.08. The summed E-state index contributed by atoms with van der Waals surface area (Å²) in [5, 5.41) is 3.09. The second kappa shape index (κ2) is 11.4. The Morgan fingerprint density at radius 3 is 2.05 bits per heavy atom. The minimum Gasteiger partial charge on any atom is -0.346 e. The molecule has 0 fully saturated rings. The summed E-state index contributed by atoms with van der Waals surface area (Å²) < 4.78 is 1.94. The number of carbonyl (C=O) groups is 2. The van der Waals surface area contributed by atoms with Crippen LogP contribution in [0.1, 0.15) is 52.0 Å². The number of benzene rings is 3. The van der Waals surface area contributed by atoms with Crippen molar-refractivity contribution in [3.63, 3.8) is 0 Å². The van der Waals surface area contributed by atoms with Gasteiger partial charge in [-0.1, -0.05) is 66.7 Å². The largest absolute Gasteiger partial charge is 0.346 e. The summed E-state index contributed by atoms with van der Waals surface area (Å²) >= 11 is 0. The summed E-state index contributed by atoms with van der Waals surface area (Å²) in [4.78, 5) is 32.9. The second-order valence-corrected chi connectivity index (χ2v) is 10.1. The third-order valence-electron chi connectivity index (χ3n) is 6.57. The summed E-state index contributed by atoms with van der Waals surface area (Å²) in [5.41, 5.74) is 4.90. The van der Waals surface area contributed by atoms with Gasteiger partial charge >= 0.3 is 0 Å². The summed E-state index contributed by atoms with van der Waals surface area (Å²) in [5.74, 6) is 0.622. The smallest absolute Gasteiger partial charge is 0.243 e. The third-order valence-corrected chi connectivity index (χ3v) is 6.57. The van der Waals surface area contributed by atoms with E-state index in [9.17, 15) is 9.59 Å². The average Bonchev–Trinajstić information content (AvgIpc) is 3.23. The highest BCUT2D eigenvalue weighted by atomic mass is 16.2. The number of para-hydroxylation sites is 2. The summed E-state index contributed by atoms with van der Waals surface area (Å²) in [6.07, 6.45) is 0.271. The van der Waals surface area contributed by atoms with Crippen molar-refractivity contribution >= 4 is 22.8 Å². The monoisotopic (exact) mass is 496 g/mol. The van der Waals surface area contributed by atoms with Crippen molar-refractivity contribution in [1.29, 1.82) is 0 Å². The Morgan fingerprint density at radius 1 is 0.811 bits per heavy atom. The molecule has 6 nitrogen and oxygen atoms in total. The Labute approximate surface area is 219 Å². The van der Waals surface area contributed by atoms with Crippen LogP contribution in [0.25, 0.3) is 22.2 Å². The van der Waals surface area contributed by atoms with Crippen LogP contribution in [-0.2, 0) is 22.6 Å². The van der Waals surface area contributed by atoms with Crippen molar-refractivity contribution in [1.82, 2.24) is 19.8 Å². The van der Waals surface area contributed by atoms with Gasteiger partial charge in [-0.2, -0.15) is 0 Å². The maximum absolute atomic E-state index is 13.3. The molecule has 192 valence electrons. The second-order valence-electron chi connectivity index (χ2n) is 10.1. The standard InChI is InChI=1S/C31H36N4O2/c1-21(2)35(22(3)4)30(37)20-34-28-14-10-9-13-27(28)33-31(34)23(5)32-29(36)19-24-15-17-26(18-16-24)25-11-7-6-8-12-25/h6-18,21-23H,19-20H2,1-5H3,(H,32,36). The van der Waals surface area contributed by atoms with E-state index in [0.717, 1.165) is 27.7 Å². The van der Waals surface area contributed by atoms with Crippen molar-refractivity contribution < 1.29 is 9.59 Å². The molecule has 4 rings (SSSR count). The fourth-order valence-corrected chi connectivity index (χ4v) is 4.97. The molecule has 6 heteroatoms. The molecule has 0 spiro atoms. The maximum atomic E-state index is 13.3. The molecule has 2 amide bonds. The van der Waals surface area contributed by atoms with Gasteiger partial charge in [0, 0.05) is 12.1 Å². The van der Waals surface area contributed by atoms with Crippen LogP contribution in [0.3, 0.4) is 0 Å². The molecule has 3 aromatic carbocycles. The van der Waals surface area contributed by atoms with Gasteiger partial charge in [-0.05, 0) is 63.4 Å². The molecule has 1 unspecified atom stereocenters. The lowest BCUT2D eigenvalue weighted by molar-refractivity contribution is -0.135. The number of amides is 2. The molecule has 4 aromatic rings. The average molecular weight is 497 g/mol. The highest BCUT2D eigenvalue weighted by molar-refractivity contribution is 5.82. The van der Waals surface area contributed by atoms with Crippen LogP contribution in [0.15, 0.2) is 78.9 Å². The molecule has 37 heavy (non-hydrogen) atoms. The van der Waals surface area contributed by atoms with Crippen LogP contribution in [-0.4, -0.2) is 38.3 Å². The van der Waals surface area contributed by atoms with E-state index in [4.69, 9.17) is 4.98 Å². The number of carbonyl (C=O) groups excluding carboxylic acids is 2. The molecule has 1 aromatic heterocycles. The molecule has 0 aliphatic carbocycles. The van der Waals surface area contributed by atoms with E-state index in [1.54, 1.807) is 0 Å². The van der Waals surface area contributed by atoms with Gasteiger partial charge in [0.15, 0.2) is 0 Å². The van der Waals surface area contributed by atoms with Crippen LogP contribution in [0.4, 0.5) is 0 Å². The van der Waals surface area contributed by atoms with E-state index in [0.29, 0.717) is 5.82 Å². The topological polar surface area (TPSA) is 67.2 Å². The van der Waals surface area contributed by atoms with Crippen LogP contribution in [0.5, 0.6) is 0 Å². The van der Waals surface area contributed by atoms with E-state index >= 15 is 0 Å². The fraction of sp³-hybridized carbons (Fsp3) is 0.323. The summed E-state index contributed by atoms with van der Waals surface area (Å²) in [6.45, 7) is 10.2. The van der Waals surface area contributed by atoms with Crippen molar-refractivity contribution in [2.24, 2.45) is 0 Å². The van der Waals surface area contributed by atoms with Gasteiger partial charge in [-0.15, -0.1) is 0 Å². The normalized spacial score (nSPS) is 12.2. The van der Waals surface area contributed by atoms with Gasteiger partial charge in [0.25, 0.3) is 0 Å². The van der Waals surface area contributed by atoms with Crippen LogP contribution < -0.4 is 5.32 Å². The molecule has 0 radical (unpaired) electrons. The lowest BCUT2D eigenvalue weighted by atomic mass is 10.0. The highest BCUT2D eigenvalue weighted by Crippen LogP contribution is 2.23. The van der Waals surface area contributed by atoms with Crippen LogP contribution >= 0.6 is 0 Å². The lowest BCUT2D eigenvalue weighted by Crippen LogP contribution is -2.44. The lowest BCUT2D eigenvalue weighted by Gasteiger charge is -2.31. The van der Waals surface area contributed by atoms with Gasteiger partial charge in [-0.25, -0.2) is 4.98 Å². The number of fused-ring (bicyclic) bond motifs is 1. The predicted molar refractivity (Wildman–Crippen MR) is 149 cm³/mol. The molecule has 0 saturated heterocycles. The predicted octanol–water partition coefficient (Wildman–Crippen LogP) is 5.77. The molecular formula is C31H36N4O2. The van der Waals surface area contributed by atoms with Crippen molar-refractivity contribution in [2.75, 3.05) is 0 Å². The summed E-state index contributed by atoms with van der Waals surface area (Å²) in [6, 6.07) is 25.9. The van der Waals surface area contributed by atoms with Crippen molar-refractivity contribution in [3.05, 3.63) is 90.3 Å². The number of imidazole rings is 1. The molecule has 1 N–H and O–H groups in total. The highest BCUT2D eigenvalue weighted by Gasteiger charge is 2.24. The number of hydrogen-bond donors (Lipinski definition) is 1. The number of nitrogens with zero attached hydrogens (tertiary/aromatic N) is 3. The Kier molecular flexibility index (Phi) is 8.07. The number of rotatable bonds is 9. The SMILES string of the molecule is CC(NC(=O)Cc1ccc(-c2ccccc2)cc1)c1nc2ccccc2n1CC(=O)N(C(C)C)C(C)C. The maximum Gasteiger partial charge on any atom is 0.243 e. The summed E-state index contributed by atoms with van der Waals surface area (Å²) in [7, 11) is 0. The fourth-order valence-electron chi connectivity index (χ4n) is 4.97. The zero-order valence-corrected chi connectivity index (χ0v) is 22.3. The first-order chi connectivity index (χ1) is 17.7. The zero-order chi connectivity index (χ0) is 26.5. The van der Waals surface area contributed by atoms with E-state index in [1.165, 1.54) is 0 Å². The van der Waals surface area contributed by atoms with Gasteiger partial charge in [0.05, 0.1) is 23.5 Å². The Balaban J connectivity index is 1.50. The first-order valence-electron chi connectivity index (χ1n) is 12.9. The molecule has 0 saturated carbocycles. The molecule has 0 aliphatic rings. The van der Waals surface area contributed by atoms with Gasteiger partial charge in [0.2, 0.25) is 11.8 Å². The van der Waals surface area contributed by atoms with Crippen LogP contribution in [0.2, 0.25) is 0 Å². The van der Waals surface area contributed by atoms with Gasteiger partial charge in [-0.3, -0.25) is 9.59 Å². The number of nitrogens with one attached hydrogen (secondary N) is 1. The van der Waals surface area contributed by atoms with Gasteiger partial charge in [0.1, 0.15) is 12.4 Å². The van der Waals surface area contributed by atoms with Crippen molar-refractivity contribution in [2.45, 2.75) is 65.7 Å². The minimum atomic E-state index is -0.358. The number of aromatic nitrogens is 2. The van der Waals surface area contributed by atoms with Crippen LogP contribution in [0, 0.1) is 0 Å². The molecule has 1 heterocycles. The molecular weight excluding hydrogens is 460 g/mol. The molecule has 0 bridgehead atoms. The minimum absolute atomic E-state index is 0.0337. The quantitative estimate of drug-likeness (QED) is 0.320. The first kappa shape index (κ1) is 26.1. The van der Waals surface area contributed by atoms with E-state index in [1.807, 2.05) is 111 Å². The van der Waals surface area contributed by atoms with E-state index in [-0.39, 0.29) is 42.9 Å². The first-order valence-corrected chi connectivity index (χ1v) is 12.9. The number of hydrogen-bond acceptors (Lipinski definition) is 3. The molecule has 0 aliphatic heterocycles. The Bertz CT molecular complexity index is 1350. The zero-order valence-electron chi connectivity index (χ0n) is 22.3.